The van der Waals surface area contributed by atoms with Gasteiger partial charge in [0.1, 0.15) is 12.4 Å². The van der Waals surface area contributed by atoms with E-state index < -0.39 is 0 Å². The van der Waals surface area contributed by atoms with Gasteiger partial charge >= 0.3 is 0 Å². The number of hydrogen-bond acceptors (Lipinski definition) is 6. The van der Waals surface area contributed by atoms with Crippen molar-refractivity contribution in [2.45, 2.75) is 13.0 Å². The van der Waals surface area contributed by atoms with Crippen LogP contribution in [0.2, 0.25) is 5.02 Å². The highest BCUT2D eigenvalue weighted by molar-refractivity contribution is 6.30. The van der Waals surface area contributed by atoms with Crippen LogP contribution in [0, 0.1) is 0 Å². The number of aliphatic hydroxyl groups excluding tert-OH is 1. The molecule has 176 valence electrons. The minimum absolute atomic E-state index is 0.0782. The van der Waals surface area contributed by atoms with Crippen LogP contribution < -0.4 is 15.2 Å². The monoisotopic (exact) mass is 479 g/mol. The maximum Gasteiger partial charge on any atom is 0.251 e. The summed E-state index contributed by atoms with van der Waals surface area (Å²) in [6, 6.07) is 11.2. The Hall–Kier alpha value is -3.13. The first-order valence-electron chi connectivity index (χ1n) is 11.4. The second kappa shape index (κ2) is 10.0. The molecular weight excluding hydrogens is 454 g/mol. The molecule has 0 bridgehead atoms. The number of benzene rings is 1. The molecule has 5 rings (SSSR count). The van der Waals surface area contributed by atoms with Gasteiger partial charge in [-0.05, 0) is 47.0 Å². The first kappa shape index (κ1) is 22.7. The first-order valence-corrected chi connectivity index (χ1v) is 11.7. The lowest BCUT2D eigenvalue weighted by Gasteiger charge is -2.29. The molecule has 0 unspecified atom stereocenters. The van der Waals surface area contributed by atoms with Crippen LogP contribution in [0.25, 0.3) is 5.57 Å². The highest BCUT2D eigenvalue weighted by Crippen LogP contribution is 2.33. The zero-order valence-electron chi connectivity index (χ0n) is 18.7. The molecule has 1 fully saturated rings. The van der Waals surface area contributed by atoms with E-state index in [0.29, 0.717) is 17.3 Å². The summed E-state index contributed by atoms with van der Waals surface area (Å²) in [4.78, 5) is 19.9. The number of halogens is 1. The number of rotatable bonds is 7. The first-order chi connectivity index (χ1) is 16.6. The van der Waals surface area contributed by atoms with Crippen LogP contribution in [0.5, 0.6) is 5.75 Å². The molecule has 1 aliphatic carbocycles. The van der Waals surface area contributed by atoms with Crippen molar-refractivity contribution in [3.8, 4) is 5.75 Å². The van der Waals surface area contributed by atoms with Crippen molar-refractivity contribution in [2.75, 3.05) is 44.4 Å². The highest BCUT2D eigenvalue weighted by Gasteiger charge is 2.20. The molecule has 8 heteroatoms. The Balaban J connectivity index is 1.37. The van der Waals surface area contributed by atoms with Crippen molar-refractivity contribution in [3.63, 3.8) is 0 Å². The summed E-state index contributed by atoms with van der Waals surface area (Å²) in [5.41, 5.74) is 5.89. The third-order valence-electron chi connectivity index (χ3n) is 6.07. The number of aromatic nitrogens is 2. The third kappa shape index (κ3) is 4.87. The average Bonchev–Trinajstić information content (AvgIpc) is 3.27. The summed E-state index contributed by atoms with van der Waals surface area (Å²) < 4.78 is 12.6. The van der Waals surface area contributed by atoms with Crippen LogP contribution >= 0.6 is 11.6 Å². The summed E-state index contributed by atoms with van der Waals surface area (Å²) in [5.74, 6) is 0.567. The Labute approximate surface area is 202 Å². The van der Waals surface area contributed by atoms with E-state index >= 15 is 0 Å². The normalized spacial score (nSPS) is 15.2. The largest absolute Gasteiger partial charge is 0.491 e. The van der Waals surface area contributed by atoms with Gasteiger partial charge in [0.05, 0.1) is 43.9 Å². The summed E-state index contributed by atoms with van der Waals surface area (Å²) in [5, 5.41) is 9.50. The number of pyridine rings is 2. The van der Waals surface area contributed by atoms with E-state index in [1.165, 1.54) is 0 Å². The minimum atomic E-state index is -0.0954. The summed E-state index contributed by atoms with van der Waals surface area (Å²) in [7, 11) is 0. The standard InChI is InChI=1S/C26H26ClN3O4/c27-20-11-18(12-22(14-20)34-10-7-31)17-30-4-3-19(13-26(30)32)23-1-2-25-24(23)15-21(16-28-25)29-5-8-33-9-6-29/h1,3-4,11-16,31H,2,5-10,17H2. The van der Waals surface area contributed by atoms with Crippen molar-refractivity contribution in [1.82, 2.24) is 9.55 Å². The summed E-state index contributed by atoms with van der Waals surface area (Å²) >= 11 is 6.21. The van der Waals surface area contributed by atoms with E-state index in [0.717, 1.165) is 66.4 Å². The fourth-order valence-corrected chi connectivity index (χ4v) is 4.66. The van der Waals surface area contributed by atoms with Crippen molar-refractivity contribution in [2.24, 2.45) is 0 Å². The lowest BCUT2D eigenvalue weighted by molar-refractivity contribution is 0.122. The van der Waals surface area contributed by atoms with E-state index in [4.69, 9.17) is 26.2 Å². The molecule has 0 radical (unpaired) electrons. The lowest BCUT2D eigenvalue weighted by atomic mass is 10.0. The Morgan fingerprint density at radius 2 is 2.00 bits per heavy atom. The highest BCUT2D eigenvalue weighted by atomic mass is 35.5. The number of fused-ring (bicyclic) bond motifs is 1. The molecule has 0 amide bonds. The van der Waals surface area contributed by atoms with E-state index in [1.54, 1.807) is 16.7 Å². The number of hydrogen-bond donors (Lipinski definition) is 1. The Morgan fingerprint density at radius 1 is 1.15 bits per heavy atom. The van der Waals surface area contributed by atoms with Gasteiger partial charge in [0.15, 0.2) is 0 Å². The summed E-state index contributed by atoms with van der Waals surface area (Å²) in [6.07, 6.45) is 6.64. The topological polar surface area (TPSA) is 76.8 Å². The third-order valence-corrected chi connectivity index (χ3v) is 6.29. The van der Waals surface area contributed by atoms with Crippen molar-refractivity contribution in [1.29, 1.82) is 0 Å². The van der Waals surface area contributed by atoms with Gasteiger partial charge in [-0.2, -0.15) is 0 Å². The van der Waals surface area contributed by atoms with Crippen LogP contribution in [-0.2, 0) is 17.7 Å². The fourth-order valence-electron chi connectivity index (χ4n) is 4.42. The van der Waals surface area contributed by atoms with Gasteiger partial charge in [-0.25, -0.2) is 0 Å². The number of allylic oxidation sites excluding steroid dienone is 1. The molecule has 1 saturated heterocycles. The molecular formula is C26H26ClN3O4. The molecule has 1 aromatic carbocycles. The van der Waals surface area contributed by atoms with Crippen LogP contribution in [0.3, 0.4) is 0 Å². The second-order valence-electron chi connectivity index (χ2n) is 8.36. The van der Waals surface area contributed by atoms with Gasteiger partial charge in [-0.1, -0.05) is 17.7 Å². The van der Waals surface area contributed by atoms with Gasteiger partial charge in [-0.3, -0.25) is 9.78 Å². The Bertz CT molecular complexity index is 1280. The van der Waals surface area contributed by atoms with Crippen LogP contribution in [-0.4, -0.2) is 54.2 Å². The SMILES string of the molecule is O=c1cc(C2=CCc3ncc(N4CCOCC4)cc32)ccn1Cc1cc(Cl)cc(OCCO)c1. The maximum atomic E-state index is 13.0. The molecule has 2 aliphatic rings. The zero-order chi connectivity index (χ0) is 23.5. The number of aliphatic hydroxyl groups is 1. The van der Waals surface area contributed by atoms with Gasteiger partial charge < -0.3 is 24.0 Å². The van der Waals surface area contributed by atoms with Gasteiger partial charge in [-0.15, -0.1) is 0 Å². The van der Waals surface area contributed by atoms with Crippen LogP contribution in [0.4, 0.5) is 5.69 Å². The number of ether oxygens (including phenoxy) is 2. The van der Waals surface area contributed by atoms with Crippen molar-refractivity contribution >= 4 is 22.9 Å². The number of nitrogens with zero attached hydrogens (tertiary/aromatic N) is 3. The molecule has 1 N–H and O–H groups in total. The van der Waals surface area contributed by atoms with Crippen molar-refractivity contribution in [3.05, 3.63) is 92.6 Å². The molecule has 0 atom stereocenters. The quantitative estimate of drug-likeness (QED) is 0.561. The smallest absolute Gasteiger partial charge is 0.251 e. The molecule has 3 heterocycles. The molecule has 3 aromatic rings. The van der Waals surface area contributed by atoms with E-state index in [9.17, 15) is 4.79 Å². The number of morpholine rings is 1. The molecule has 2 aromatic heterocycles. The molecule has 7 nitrogen and oxygen atoms in total. The molecule has 0 saturated carbocycles. The Morgan fingerprint density at radius 3 is 2.79 bits per heavy atom. The predicted octanol–water partition coefficient (Wildman–Crippen LogP) is 3.14. The number of anilines is 1. The average molecular weight is 480 g/mol. The Kier molecular flexibility index (Phi) is 6.67. The minimum Gasteiger partial charge on any atom is -0.491 e. The van der Waals surface area contributed by atoms with E-state index in [1.807, 2.05) is 30.6 Å². The van der Waals surface area contributed by atoms with Crippen molar-refractivity contribution < 1.29 is 14.6 Å². The zero-order valence-corrected chi connectivity index (χ0v) is 19.5. The van der Waals surface area contributed by atoms with Crippen LogP contribution in [0.15, 0.2) is 59.7 Å². The van der Waals surface area contributed by atoms with Gasteiger partial charge in [0.25, 0.3) is 5.56 Å². The van der Waals surface area contributed by atoms with E-state index in [2.05, 4.69) is 22.0 Å². The molecule has 0 spiro atoms. The van der Waals surface area contributed by atoms with E-state index in [-0.39, 0.29) is 18.8 Å². The summed E-state index contributed by atoms with van der Waals surface area (Å²) in [6.45, 7) is 3.63. The maximum absolute atomic E-state index is 13.0. The lowest BCUT2D eigenvalue weighted by Crippen LogP contribution is -2.36. The fraction of sp³-hybridized carbons (Fsp3) is 0.308. The van der Waals surface area contributed by atoms with Gasteiger partial charge in [0, 0.05) is 42.4 Å². The predicted molar refractivity (Wildman–Crippen MR) is 132 cm³/mol. The second-order valence-corrected chi connectivity index (χ2v) is 8.79. The van der Waals surface area contributed by atoms with Gasteiger partial charge in [0.2, 0.25) is 0 Å². The molecule has 1 aliphatic heterocycles. The van der Waals surface area contributed by atoms with Crippen LogP contribution in [0.1, 0.15) is 22.4 Å². The molecule has 34 heavy (non-hydrogen) atoms.